The van der Waals surface area contributed by atoms with Gasteiger partial charge in [-0.2, -0.15) is 0 Å². The summed E-state index contributed by atoms with van der Waals surface area (Å²) in [5.74, 6) is 1.39. The molecule has 0 radical (unpaired) electrons. The molecular formula is C17H25ClN2O2. The van der Waals surface area contributed by atoms with Crippen LogP contribution in [0.4, 0.5) is 0 Å². The number of benzene rings is 1. The molecule has 2 aliphatic rings. The number of halogens is 1. The largest absolute Gasteiger partial charge is 0.497 e. The van der Waals surface area contributed by atoms with Crippen molar-refractivity contribution in [2.24, 2.45) is 11.3 Å². The number of methoxy groups -OCH3 is 1. The van der Waals surface area contributed by atoms with Crippen molar-refractivity contribution in [2.45, 2.75) is 25.8 Å². The minimum absolute atomic E-state index is 0. The van der Waals surface area contributed by atoms with E-state index in [1.54, 1.807) is 7.11 Å². The SMILES string of the molecule is COc1cccc(CN(C)C(=O)C2CC23CCNCC3)c1.Cl. The summed E-state index contributed by atoms with van der Waals surface area (Å²) in [4.78, 5) is 14.5. The van der Waals surface area contributed by atoms with Crippen LogP contribution in [0.3, 0.4) is 0 Å². The van der Waals surface area contributed by atoms with Gasteiger partial charge in [-0.25, -0.2) is 0 Å². The first-order chi connectivity index (χ1) is 10.1. The Morgan fingerprint density at radius 3 is 2.82 bits per heavy atom. The molecular weight excluding hydrogens is 300 g/mol. The van der Waals surface area contributed by atoms with E-state index in [4.69, 9.17) is 4.74 Å². The van der Waals surface area contributed by atoms with E-state index >= 15 is 0 Å². The smallest absolute Gasteiger partial charge is 0.226 e. The molecule has 1 unspecified atom stereocenters. The average molecular weight is 325 g/mol. The van der Waals surface area contributed by atoms with Crippen LogP contribution in [-0.2, 0) is 11.3 Å². The van der Waals surface area contributed by atoms with Gasteiger partial charge < -0.3 is 15.0 Å². The quantitative estimate of drug-likeness (QED) is 0.925. The number of ether oxygens (including phenoxy) is 1. The molecule has 4 nitrogen and oxygen atoms in total. The van der Waals surface area contributed by atoms with Gasteiger partial charge in [-0.15, -0.1) is 12.4 Å². The molecule has 1 aliphatic carbocycles. The second kappa shape index (κ2) is 6.88. The van der Waals surface area contributed by atoms with E-state index in [-0.39, 0.29) is 18.3 Å². The summed E-state index contributed by atoms with van der Waals surface area (Å²) in [7, 11) is 3.58. The summed E-state index contributed by atoms with van der Waals surface area (Å²) in [6.07, 6.45) is 3.38. The highest BCUT2D eigenvalue weighted by molar-refractivity contribution is 5.85. The topological polar surface area (TPSA) is 41.6 Å². The van der Waals surface area contributed by atoms with Crippen molar-refractivity contribution < 1.29 is 9.53 Å². The maximum Gasteiger partial charge on any atom is 0.226 e. The standard InChI is InChI=1S/C17H24N2O2.ClH/c1-19(12-13-4-3-5-14(10-13)21-2)16(20)15-11-17(15)6-8-18-9-7-17;/h3-5,10,15,18H,6-9,11-12H2,1-2H3;1H. The van der Waals surface area contributed by atoms with Gasteiger partial charge in [-0.3, -0.25) is 4.79 Å². The van der Waals surface area contributed by atoms with Crippen LogP contribution in [0.25, 0.3) is 0 Å². The number of piperidine rings is 1. The zero-order valence-corrected chi connectivity index (χ0v) is 14.1. The van der Waals surface area contributed by atoms with Crippen molar-refractivity contribution >= 4 is 18.3 Å². The number of rotatable bonds is 4. The lowest BCUT2D eigenvalue weighted by Gasteiger charge is -2.25. The van der Waals surface area contributed by atoms with E-state index in [9.17, 15) is 4.79 Å². The van der Waals surface area contributed by atoms with E-state index < -0.39 is 0 Å². The van der Waals surface area contributed by atoms with Crippen LogP contribution in [-0.4, -0.2) is 38.1 Å². The molecule has 1 amide bonds. The minimum atomic E-state index is 0. The molecule has 1 heterocycles. The molecule has 2 fully saturated rings. The maximum atomic E-state index is 12.6. The van der Waals surface area contributed by atoms with Crippen molar-refractivity contribution in [3.8, 4) is 5.75 Å². The summed E-state index contributed by atoms with van der Waals surface area (Å²) in [6.45, 7) is 2.77. The Labute approximate surface area is 138 Å². The third-order valence-electron chi connectivity index (χ3n) is 5.02. The Kier molecular flexibility index (Phi) is 5.35. The first-order valence-corrected chi connectivity index (χ1v) is 7.73. The molecule has 1 aliphatic heterocycles. The number of hydrogen-bond acceptors (Lipinski definition) is 3. The Hall–Kier alpha value is -1.26. The fourth-order valence-corrected chi connectivity index (χ4v) is 3.56. The van der Waals surface area contributed by atoms with E-state index in [0.29, 0.717) is 17.9 Å². The lowest BCUT2D eigenvalue weighted by molar-refractivity contribution is -0.132. The second-order valence-corrected chi connectivity index (χ2v) is 6.41. The third kappa shape index (κ3) is 3.39. The fourth-order valence-electron chi connectivity index (χ4n) is 3.56. The molecule has 122 valence electrons. The summed E-state index contributed by atoms with van der Waals surface area (Å²) in [5.41, 5.74) is 1.43. The number of amides is 1. The Balaban J connectivity index is 0.00000176. The molecule has 0 bridgehead atoms. The molecule has 5 heteroatoms. The molecule has 1 spiro atoms. The van der Waals surface area contributed by atoms with Gasteiger partial charge in [0.05, 0.1) is 7.11 Å². The highest BCUT2D eigenvalue weighted by atomic mass is 35.5. The van der Waals surface area contributed by atoms with Gasteiger partial charge in [0.25, 0.3) is 0 Å². The van der Waals surface area contributed by atoms with Crippen LogP contribution in [0.1, 0.15) is 24.8 Å². The van der Waals surface area contributed by atoms with Crippen LogP contribution in [0.2, 0.25) is 0 Å². The first-order valence-electron chi connectivity index (χ1n) is 7.73. The second-order valence-electron chi connectivity index (χ2n) is 6.41. The van der Waals surface area contributed by atoms with Crippen LogP contribution in [0.5, 0.6) is 5.75 Å². The number of carbonyl (C=O) groups is 1. The summed E-state index contributed by atoms with van der Waals surface area (Å²) in [6, 6.07) is 7.94. The number of nitrogens with zero attached hydrogens (tertiary/aromatic N) is 1. The van der Waals surface area contributed by atoms with Crippen molar-refractivity contribution in [2.75, 3.05) is 27.2 Å². The molecule has 0 aromatic heterocycles. The number of nitrogens with one attached hydrogen (secondary N) is 1. The third-order valence-corrected chi connectivity index (χ3v) is 5.02. The van der Waals surface area contributed by atoms with E-state index in [1.165, 1.54) is 0 Å². The molecule has 1 saturated heterocycles. The molecule has 1 saturated carbocycles. The van der Waals surface area contributed by atoms with E-state index in [2.05, 4.69) is 5.32 Å². The van der Waals surface area contributed by atoms with Crippen molar-refractivity contribution in [1.29, 1.82) is 0 Å². The van der Waals surface area contributed by atoms with Gasteiger partial charge in [0, 0.05) is 19.5 Å². The van der Waals surface area contributed by atoms with Crippen molar-refractivity contribution in [1.82, 2.24) is 10.2 Å². The minimum Gasteiger partial charge on any atom is -0.497 e. The molecule has 3 rings (SSSR count). The van der Waals surface area contributed by atoms with Crippen LogP contribution < -0.4 is 10.1 Å². The number of hydrogen-bond donors (Lipinski definition) is 1. The van der Waals surface area contributed by atoms with Gasteiger partial charge in [-0.05, 0) is 55.5 Å². The first kappa shape index (κ1) is 17.1. The lowest BCUT2D eigenvalue weighted by Crippen LogP contribution is -2.34. The van der Waals surface area contributed by atoms with Crippen molar-refractivity contribution in [3.05, 3.63) is 29.8 Å². The molecule has 1 aromatic carbocycles. The monoisotopic (exact) mass is 324 g/mol. The van der Waals surface area contributed by atoms with E-state index in [0.717, 1.165) is 43.7 Å². The molecule has 1 atom stereocenters. The van der Waals surface area contributed by atoms with Crippen LogP contribution >= 0.6 is 12.4 Å². The average Bonchev–Trinajstić information content (AvgIpc) is 3.20. The molecule has 1 aromatic rings. The van der Waals surface area contributed by atoms with Crippen LogP contribution in [0.15, 0.2) is 24.3 Å². The zero-order valence-electron chi connectivity index (χ0n) is 13.3. The number of carbonyl (C=O) groups excluding carboxylic acids is 1. The van der Waals surface area contributed by atoms with Gasteiger partial charge in [0.1, 0.15) is 5.75 Å². The zero-order chi connectivity index (χ0) is 14.9. The Bertz CT molecular complexity index is 529. The van der Waals surface area contributed by atoms with Gasteiger partial charge in [-0.1, -0.05) is 12.1 Å². The van der Waals surface area contributed by atoms with E-state index in [1.807, 2.05) is 36.2 Å². The summed E-state index contributed by atoms with van der Waals surface area (Å²) < 4.78 is 5.24. The van der Waals surface area contributed by atoms with Gasteiger partial charge in [0.2, 0.25) is 5.91 Å². The highest BCUT2D eigenvalue weighted by Gasteiger charge is 2.58. The predicted molar refractivity (Wildman–Crippen MR) is 89.4 cm³/mol. The van der Waals surface area contributed by atoms with Crippen LogP contribution in [0, 0.1) is 11.3 Å². The normalized spacial score (nSPS) is 21.8. The lowest BCUT2D eigenvalue weighted by atomic mass is 9.91. The highest BCUT2D eigenvalue weighted by Crippen LogP contribution is 2.59. The predicted octanol–water partition coefficient (Wildman–Crippen LogP) is 2.47. The Morgan fingerprint density at radius 1 is 1.41 bits per heavy atom. The summed E-state index contributed by atoms with van der Waals surface area (Å²) >= 11 is 0. The van der Waals surface area contributed by atoms with Gasteiger partial charge >= 0.3 is 0 Å². The van der Waals surface area contributed by atoms with Gasteiger partial charge in [0.15, 0.2) is 0 Å². The van der Waals surface area contributed by atoms with Crippen molar-refractivity contribution in [3.63, 3.8) is 0 Å². The maximum absolute atomic E-state index is 12.6. The molecule has 1 N–H and O–H groups in total. The fraction of sp³-hybridized carbons (Fsp3) is 0.588. The Morgan fingerprint density at radius 2 is 2.14 bits per heavy atom. The summed E-state index contributed by atoms with van der Waals surface area (Å²) in [5, 5.41) is 3.38. The molecule has 22 heavy (non-hydrogen) atoms.